The second kappa shape index (κ2) is 5.08. The fourth-order valence-electron chi connectivity index (χ4n) is 1.07. The van der Waals surface area contributed by atoms with Gasteiger partial charge in [-0.3, -0.25) is 0 Å². The average molecular weight is 256 g/mol. The van der Waals surface area contributed by atoms with Crippen LogP contribution in [0.5, 0.6) is 5.75 Å². The number of methoxy groups -OCH3 is 1. The summed E-state index contributed by atoms with van der Waals surface area (Å²) in [7, 11) is 1.49. The van der Waals surface area contributed by atoms with Crippen molar-refractivity contribution in [3.63, 3.8) is 0 Å². The van der Waals surface area contributed by atoms with Gasteiger partial charge in [0.15, 0.2) is 0 Å². The van der Waals surface area contributed by atoms with Gasteiger partial charge < -0.3 is 9.84 Å². The lowest BCUT2D eigenvalue weighted by molar-refractivity contribution is 0.188. The van der Waals surface area contributed by atoms with E-state index in [1.807, 2.05) is 0 Å². The van der Waals surface area contributed by atoms with Gasteiger partial charge >= 0.3 is 0 Å². The van der Waals surface area contributed by atoms with E-state index in [4.69, 9.17) is 39.5 Å². The highest BCUT2D eigenvalue weighted by Gasteiger charge is 2.19. The maximum Gasteiger partial charge on any atom is 0.137 e. The maximum atomic E-state index is 9.61. The summed E-state index contributed by atoms with van der Waals surface area (Å²) in [4.78, 5) is -0.898. The molecule has 0 aliphatic carbocycles. The summed E-state index contributed by atoms with van der Waals surface area (Å²) in [6.45, 7) is 0. The second-order valence-electron chi connectivity index (χ2n) is 2.67. The van der Waals surface area contributed by atoms with Crippen LogP contribution in [0.15, 0.2) is 18.2 Å². The Morgan fingerprint density at radius 1 is 1.36 bits per heavy atom. The molecule has 0 amide bonds. The molecule has 0 saturated carbocycles. The number of rotatable bonds is 3. The van der Waals surface area contributed by atoms with Gasteiger partial charge in [-0.15, -0.1) is 23.2 Å². The van der Waals surface area contributed by atoms with Crippen LogP contribution in [-0.2, 0) is 0 Å². The van der Waals surface area contributed by atoms with Crippen LogP contribution in [0.4, 0.5) is 0 Å². The van der Waals surface area contributed by atoms with Crippen molar-refractivity contribution in [2.45, 2.75) is 10.9 Å². The predicted octanol–water partition coefficient (Wildman–Crippen LogP) is 3.19. The summed E-state index contributed by atoms with van der Waals surface area (Å²) in [6, 6.07) is 4.86. The molecule has 0 radical (unpaired) electrons. The van der Waals surface area contributed by atoms with Crippen molar-refractivity contribution in [3.8, 4) is 5.75 Å². The third kappa shape index (κ3) is 2.67. The molecule has 78 valence electrons. The summed E-state index contributed by atoms with van der Waals surface area (Å²) in [6.07, 6.45) is -0.981. The normalized spacial score (nSPS) is 13.0. The molecule has 0 aliphatic rings. The van der Waals surface area contributed by atoms with Crippen molar-refractivity contribution in [2.75, 3.05) is 7.11 Å². The Morgan fingerprint density at radius 3 is 2.50 bits per heavy atom. The van der Waals surface area contributed by atoms with Crippen LogP contribution in [0.3, 0.4) is 0 Å². The average Bonchev–Trinajstić information content (AvgIpc) is 2.16. The SMILES string of the molecule is COc1cc(Cl)ccc1C(O)C(Cl)Cl. The Kier molecular flexibility index (Phi) is 4.32. The third-order valence-electron chi connectivity index (χ3n) is 1.75. The zero-order valence-corrected chi connectivity index (χ0v) is 9.64. The monoisotopic (exact) mass is 254 g/mol. The van der Waals surface area contributed by atoms with Crippen molar-refractivity contribution in [2.24, 2.45) is 0 Å². The Morgan fingerprint density at radius 2 is 2.00 bits per heavy atom. The molecule has 1 N–H and O–H groups in total. The van der Waals surface area contributed by atoms with Gasteiger partial charge in [0.2, 0.25) is 0 Å². The molecule has 0 aromatic heterocycles. The molecule has 1 rings (SSSR count). The van der Waals surface area contributed by atoms with Crippen LogP contribution >= 0.6 is 34.8 Å². The van der Waals surface area contributed by atoms with E-state index in [0.29, 0.717) is 16.3 Å². The summed E-state index contributed by atoms with van der Waals surface area (Å²) in [5.74, 6) is 0.469. The van der Waals surface area contributed by atoms with Crippen LogP contribution in [0, 0.1) is 0 Å². The molecule has 0 fully saturated rings. The van der Waals surface area contributed by atoms with E-state index in [2.05, 4.69) is 0 Å². The first-order valence-electron chi connectivity index (χ1n) is 3.86. The van der Waals surface area contributed by atoms with E-state index in [1.54, 1.807) is 18.2 Å². The Hall–Kier alpha value is -0.150. The molecule has 2 nitrogen and oxygen atoms in total. The van der Waals surface area contributed by atoms with E-state index >= 15 is 0 Å². The van der Waals surface area contributed by atoms with Crippen molar-refractivity contribution >= 4 is 34.8 Å². The van der Waals surface area contributed by atoms with Crippen LogP contribution in [0.25, 0.3) is 0 Å². The summed E-state index contributed by atoms with van der Waals surface area (Å²) in [5, 5.41) is 10.1. The summed E-state index contributed by atoms with van der Waals surface area (Å²) in [5.41, 5.74) is 0.520. The fourth-order valence-corrected chi connectivity index (χ4v) is 1.50. The van der Waals surface area contributed by atoms with Gasteiger partial charge in [0.25, 0.3) is 0 Å². The van der Waals surface area contributed by atoms with E-state index in [1.165, 1.54) is 7.11 Å². The molecule has 1 atom stereocenters. The Labute approximate surface area is 97.3 Å². The standard InChI is InChI=1S/C9H9Cl3O2/c1-14-7-4-5(10)2-3-6(7)8(13)9(11)12/h2-4,8-9,13H,1H3. The van der Waals surface area contributed by atoms with Crippen molar-refractivity contribution < 1.29 is 9.84 Å². The topological polar surface area (TPSA) is 29.5 Å². The fraction of sp³-hybridized carbons (Fsp3) is 0.333. The largest absolute Gasteiger partial charge is 0.496 e. The van der Waals surface area contributed by atoms with Crippen LogP contribution < -0.4 is 4.74 Å². The molecule has 1 unspecified atom stereocenters. The van der Waals surface area contributed by atoms with Crippen molar-refractivity contribution in [1.29, 1.82) is 0 Å². The lowest BCUT2D eigenvalue weighted by atomic mass is 10.1. The Bertz CT molecular complexity index is 315. The van der Waals surface area contributed by atoms with E-state index in [9.17, 15) is 5.11 Å². The van der Waals surface area contributed by atoms with Gasteiger partial charge in [-0.2, -0.15) is 0 Å². The van der Waals surface area contributed by atoms with E-state index in [-0.39, 0.29) is 0 Å². The first kappa shape index (κ1) is 11.9. The maximum absolute atomic E-state index is 9.61. The number of aliphatic hydroxyl groups excluding tert-OH is 1. The van der Waals surface area contributed by atoms with E-state index in [0.717, 1.165) is 0 Å². The number of aliphatic hydroxyl groups is 1. The van der Waals surface area contributed by atoms with Gasteiger partial charge in [-0.25, -0.2) is 0 Å². The molecule has 0 spiro atoms. The molecular formula is C9H9Cl3O2. The molecule has 0 heterocycles. The minimum absolute atomic E-state index is 0.469. The van der Waals surface area contributed by atoms with Crippen LogP contribution in [-0.4, -0.2) is 17.1 Å². The number of alkyl halides is 2. The quantitative estimate of drug-likeness (QED) is 0.841. The molecule has 0 bridgehead atoms. The highest BCUT2D eigenvalue weighted by atomic mass is 35.5. The summed E-state index contributed by atoms with van der Waals surface area (Å²) < 4.78 is 5.04. The molecule has 1 aromatic carbocycles. The van der Waals surface area contributed by atoms with Gasteiger partial charge in [0, 0.05) is 10.6 Å². The van der Waals surface area contributed by atoms with Gasteiger partial charge in [0.1, 0.15) is 16.7 Å². The number of hydrogen-bond acceptors (Lipinski definition) is 2. The van der Waals surface area contributed by atoms with Gasteiger partial charge in [-0.05, 0) is 12.1 Å². The number of ether oxygens (including phenoxy) is 1. The molecule has 5 heteroatoms. The third-order valence-corrected chi connectivity index (χ3v) is 2.47. The highest BCUT2D eigenvalue weighted by Crippen LogP contribution is 2.32. The lowest BCUT2D eigenvalue weighted by Gasteiger charge is -2.15. The number of benzene rings is 1. The zero-order chi connectivity index (χ0) is 10.7. The second-order valence-corrected chi connectivity index (χ2v) is 4.27. The number of halogens is 3. The number of hydrogen-bond donors (Lipinski definition) is 1. The van der Waals surface area contributed by atoms with Crippen molar-refractivity contribution in [3.05, 3.63) is 28.8 Å². The highest BCUT2D eigenvalue weighted by molar-refractivity contribution is 6.44. The van der Waals surface area contributed by atoms with Crippen LogP contribution in [0.2, 0.25) is 5.02 Å². The lowest BCUT2D eigenvalue weighted by Crippen LogP contribution is -2.07. The minimum Gasteiger partial charge on any atom is -0.496 e. The predicted molar refractivity (Wildman–Crippen MR) is 58.5 cm³/mol. The first-order valence-corrected chi connectivity index (χ1v) is 5.11. The van der Waals surface area contributed by atoms with E-state index < -0.39 is 10.9 Å². The summed E-state index contributed by atoms with van der Waals surface area (Å²) >= 11 is 16.9. The minimum atomic E-state index is -0.981. The molecule has 0 aliphatic heterocycles. The van der Waals surface area contributed by atoms with Crippen LogP contribution in [0.1, 0.15) is 11.7 Å². The molecular weight excluding hydrogens is 246 g/mol. The Balaban J connectivity index is 3.07. The van der Waals surface area contributed by atoms with Gasteiger partial charge in [-0.1, -0.05) is 17.7 Å². The molecule has 1 aromatic rings. The smallest absolute Gasteiger partial charge is 0.137 e. The molecule has 0 saturated heterocycles. The van der Waals surface area contributed by atoms with Crippen molar-refractivity contribution in [1.82, 2.24) is 0 Å². The van der Waals surface area contributed by atoms with Gasteiger partial charge in [0.05, 0.1) is 7.11 Å². The zero-order valence-electron chi connectivity index (χ0n) is 7.38. The molecule has 14 heavy (non-hydrogen) atoms. The first-order chi connectivity index (χ1) is 6.56.